The van der Waals surface area contributed by atoms with Crippen LogP contribution in [-0.4, -0.2) is 47.4 Å². The molecule has 2 aromatic carbocycles. The van der Waals surface area contributed by atoms with Crippen molar-refractivity contribution in [2.24, 2.45) is 0 Å². The Labute approximate surface area is 166 Å². The highest BCUT2D eigenvalue weighted by Crippen LogP contribution is 2.20. The predicted molar refractivity (Wildman–Crippen MR) is 106 cm³/mol. The second-order valence-electron chi connectivity index (χ2n) is 6.71. The molecule has 7 nitrogen and oxygen atoms in total. The Morgan fingerprint density at radius 2 is 1.64 bits per heavy atom. The quantitative estimate of drug-likeness (QED) is 0.699. The molecule has 9 heteroatoms. The van der Waals surface area contributed by atoms with Crippen LogP contribution in [0.2, 0.25) is 0 Å². The lowest BCUT2D eigenvalue weighted by molar-refractivity contribution is 0.114. The molecule has 0 bridgehead atoms. The molecule has 1 saturated heterocycles. The normalized spacial score (nSPS) is 17.9. The standard InChI is InChI=1S/C19H24N2O5S2/c1-21(15-16-6-3-2-4-7-16)28(24,25)19-11-9-18(10-12-19)27(22,23)20-14-17-8-5-13-26-17/h2-4,6-7,9-12,17,20H,5,8,13-15H2,1H3/t17-/m1/s1. The zero-order valence-electron chi connectivity index (χ0n) is 15.6. The second-order valence-corrected chi connectivity index (χ2v) is 10.5. The molecule has 0 radical (unpaired) electrons. The van der Waals surface area contributed by atoms with Gasteiger partial charge in [0.15, 0.2) is 0 Å². The number of hydrogen-bond acceptors (Lipinski definition) is 5. The summed E-state index contributed by atoms with van der Waals surface area (Å²) in [5, 5.41) is 0. The third-order valence-corrected chi connectivity index (χ3v) is 7.87. The summed E-state index contributed by atoms with van der Waals surface area (Å²) in [5.74, 6) is 0. The Bertz CT molecular complexity index is 984. The van der Waals surface area contributed by atoms with E-state index >= 15 is 0 Å². The molecule has 1 N–H and O–H groups in total. The van der Waals surface area contributed by atoms with Gasteiger partial charge in [-0.05, 0) is 42.7 Å². The van der Waals surface area contributed by atoms with Gasteiger partial charge in [-0.2, -0.15) is 4.31 Å². The van der Waals surface area contributed by atoms with E-state index in [1.54, 1.807) is 0 Å². The zero-order valence-corrected chi connectivity index (χ0v) is 17.2. The second kappa shape index (κ2) is 8.71. The summed E-state index contributed by atoms with van der Waals surface area (Å²) in [5.41, 5.74) is 0.867. The van der Waals surface area contributed by atoms with E-state index in [-0.39, 0.29) is 29.0 Å². The number of benzene rings is 2. The summed E-state index contributed by atoms with van der Waals surface area (Å²) in [6.07, 6.45) is 1.64. The maximum atomic E-state index is 12.7. The lowest BCUT2D eigenvalue weighted by Crippen LogP contribution is -2.32. The summed E-state index contributed by atoms with van der Waals surface area (Å²) >= 11 is 0. The Morgan fingerprint density at radius 1 is 1.00 bits per heavy atom. The highest BCUT2D eigenvalue weighted by molar-refractivity contribution is 7.89. The molecule has 0 spiro atoms. The van der Waals surface area contributed by atoms with Crippen molar-refractivity contribution in [1.82, 2.24) is 9.03 Å². The number of hydrogen-bond donors (Lipinski definition) is 1. The molecule has 1 heterocycles. The minimum atomic E-state index is -3.73. The fourth-order valence-electron chi connectivity index (χ4n) is 2.99. The van der Waals surface area contributed by atoms with Crippen molar-refractivity contribution in [3.8, 4) is 0 Å². The molecule has 0 aromatic heterocycles. The van der Waals surface area contributed by atoms with Crippen molar-refractivity contribution in [3.05, 3.63) is 60.2 Å². The lowest BCUT2D eigenvalue weighted by Gasteiger charge is -2.17. The van der Waals surface area contributed by atoms with Crippen molar-refractivity contribution in [2.75, 3.05) is 20.2 Å². The van der Waals surface area contributed by atoms with E-state index in [4.69, 9.17) is 4.74 Å². The molecule has 2 aromatic rings. The molecule has 0 aliphatic carbocycles. The molecular formula is C19H24N2O5S2. The predicted octanol–water partition coefficient (Wildman–Crippen LogP) is 1.96. The summed E-state index contributed by atoms with van der Waals surface area (Å²) < 4.78 is 59.4. The minimum absolute atomic E-state index is 0.0233. The van der Waals surface area contributed by atoms with Crippen LogP contribution in [0.1, 0.15) is 18.4 Å². The van der Waals surface area contributed by atoms with Gasteiger partial charge in [0.05, 0.1) is 15.9 Å². The van der Waals surface area contributed by atoms with Gasteiger partial charge in [-0.1, -0.05) is 30.3 Å². The SMILES string of the molecule is CN(Cc1ccccc1)S(=O)(=O)c1ccc(S(=O)(=O)NC[C@H]2CCCO2)cc1. The molecule has 1 aliphatic rings. The fourth-order valence-corrected chi connectivity index (χ4v) is 5.21. The highest BCUT2D eigenvalue weighted by Gasteiger charge is 2.23. The topological polar surface area (TPSA) is 92.8 Å². The summed E-state index contributed by atoms with van der Waals surface area (Å²) in [4.78, 5) is 0.0687. The smallest absolute Gasteiger partial charge is 0.243 e. The van der Waals surface area contributed by atoms with Gasteiger partial charge in [0.25, 0.3) is 0 Å². The van der Waals surface area contributed by atoms with Crippen molar-refractivity contribution in [2.45, 2.75) is 35.3 Å². The Hall–Kier alpha value is -1.78. The number of nitrogens with one attached hydrogen (secondary N) is 1. The molecule has 0 amide bonds. The Kier molecular flexibility index (Phi) is 6.51. The van der Waals surface area contributed by atoms with E-state index in [9.17, 15) is 16.8 Å². The largest absolute Gasteiger partial charge is 0.377 e. The lowest BCUT2D eigenvalue weighted by atomic mass is 10.2. The van der Waals surface area contributed by atoms with Gasteiger partial charge in [0, 0.05) is 26.7 Å². The molecule has 1 atom stereocenters. The third kappa shape index (κ3) is 4.98. The van der Waals surface area contributed by atoms with Gasteiger partial charge in [-0.25, -0.2) is 21.6 Å². The average molecular weight is 425 g/mol. The van der Waals surface area contributed by atoms with Crippen LogP contribution in [0.15, 0.2) is 64.4 Å². The Morgan fingerprint density at radius 3 is 2.25 bits per heavy atom. The van der Waals surface area contributed by atoms with Crippen molar-refractivity contribution >= 4 is 20.0 Å². The van der Waals surface area contributed by atoms with Crippen LogP contribution in [0.5, 0.6) is 0 Å². The first-order valence-electron chi connectivity index (χ1n) is 9.01. The van der Waals surface area contributed by atoms with Crippen LogP contribution in [0.25, 0.3) is 0 Å². The van der Waals surface area contributed by atoms with Gasteiger partial charge in [-0.15, -0.1) is 0 Å². The number of nitrogens with zero attached hydrogens (tertiary/aromatic N) is 1. The first-order valence-corrected chi connectivity index (χ1v) is 11.9. The number of ether oxygens (including phenoxy) is 1. The molecule has 0 saturated carbocycles. The minimum Gasteiger partial charge on any atom is -0.377 e. The van der Waals surface area contributed by atoms with E-state index in [0.717, 1.165) is 18.4 Å². The van der Waals surface area contributed by atoms with E-state index in [1.165, 1.54) is 35.6 Å². The van der Waals surface area contributed by atoms with Gasteiger partial charge in [0.2, 0.25) is 20.0 Å². The Balaban J connectivity index is 1.69. The van der Waals surface area contributed by atoms with Crippen LogP contribution < -0.4 is 4.72 Å². The summed E-state index contributed by atoms with van der Waals surface area (Å²) in [6, 6.07) is 14.5. The zero-order chi connectivity index (χ0) is 20.2. The van der Waals surface area contributed by atoms with Gasteiger partial charge in [0.1, 0.15) is 0 Å². The maximum absolute atomic E-state index is 12.7. The van der Waals surface area contributed by atoms with Gasteiger partial charge in [-0.3, -0.25) is 0 Å². The summed E-state index contributed by atoms with van der Waals surface area (Å²) in [6.45, 7) is 1.09. The first-order chi connectivity index (χ1) is 13.3. The van der Waals surface area contributed by atoms with Crippen molar-refractivity contribution < 1.29 is 21.6 Å². The highest BCUT2D eigenvalue weighted by atomic mass is 32.2. The van der Waals surface area contributed by atoms with Gasteiger partial charge >= 0.3 is 0 Å². The fraction of sp³-hybridized carbons (Fsp3) is 0.368. The molecule has 152 valence electrons. The number of rotatable bonds is 8. The van der Waals surface area contributed by atoms with Crippen LogP contribution in [0.3, 0.4) is 0 Å². The van der Waals surface area contributed by atoms with E-state index < -0.39 is 20.0 Å². The third-order valence-electron chi connectivity index (χ3n) is 4.62. The first kappa shape index (κ1) is 20.9. The molecule has 28 heavy (non-hydrogen) atoms. The molecule has 0 unspecified atom stereocenters. The molecule has 3 rings (SSSR count). The van der Waals surface area contributed by atoms with Crippen molar-refractivity contribution in [3.63, 3.8) is 0 Å². The van der Waals surface area contributed by atoms with Crippen LogP contribution >= 0.6 is 0 Å². The molecule has 1 fully saturated rings. The summed E-state index contributed by atoms with van der Waals surface area (Å²) in [7, 11) is -5.95. The van der Waals surface area contributed by atoms with Crippen LogP contribution in [0, 0.1) is 0 Å². The number of sulfonamides is 2. The average Bonchev–Trinajstić information content (AvgIpc) is 3.21. The van der Waals surface area contributed by atoms with E-state index in [1.807, 2.05) is 30.3 Å². The van der Waals surface area contributed by atoms with Gasteiger partial charge < -0.3 is 4.74 Å². The monoisotopic (exact) mass is 424 g/mol. The van der Waals surface area contributed by atoms with Crippen molar-refractivity contribution in [1.29, 1.82) is 0 Å². The van der Waals surface area contributed by atoms with E-state index in [2.05, 4.69) is 4.72 Å². The van der Waals surface area contributed by atoms with Crippen LogP contribution in [0.4, 0.5) is 0 Å². The molecular weight excluding hydrogens is 400 g/mol. The maximum Gasteiger partial charge on any atom is 0.243 e. The van der Waals surface area contributed by atoms with E-state index in [0.29, 0.717) is 6.61 Å². The molecule has 1 aliphatic heterocycles. The van der Waals surface area contributed by atoms with Crippen LogP contribution in [-0.2, 0) is 31.3 Å².